The zero-order chi connectivity index (χ0) is 11.4. The van der Waals surface area contributed by atoms with Crippen LogP contribution in [0.5, 0.6) is 5.75 Å². The summed E-state index contributed by atoms with van der Waals surface area (Å²) in [5, 5.41) is 0. The average molecular weight is 211 g/mol. The molecular formula is C11H14FNO2. The molecule has 0 bridgehead atoms. The molecule has 2 N–H and O–H groups in total. The van der Waals surface area contributed by atoms with Crippen LogP contribution in [0, 0.1) is 11.7 Å². The fourth-order valence-corrected chi connectivity index (χ4v) is 1.21. The number of nitrogens with two attached hydrogens (primary N) is 1. The molecule has 82 valence electrons. The summed E-state index contributed by atoms with van der Waals surface area (Å²) >= 11 is 0. The Bertz CT molecular complexity index is 366. The van der Waals surface area contributed by atoms with Gasteiger partial charge in [-0.25, -0.2) is 4.39 Å². The fourth-order valence-electron chi connectivity index (χ4n) is 1.21. The number of benzene rings is 1. The average Bonchev–Trinajstić information content (AvgIpc) is 2.26. The summed E-state index contributed by atoms with van der Waals surface area (Å²) in [7, 11) is 1.38. The topological polar surface area (TPSA) is 52.3 Å². The van der Waals surface area contributed by atoms with Crippen molar-refractivity contribution >= 4 is 5.78 Å². The lowest BCUT2D eigenvalue weighted by molar-refractivity contribution is 0.0933. The summed E-state index contributed by atoms with van der Waals surface area (Å²) in [6.45, 7) is 1.97. The summed E-state index contributed by atoms with van der Waals surface area (Å²) in [6, 6.07) is 4.15. The second-order valence-corrected chi connectivity index (χ2v) is 3.35. The first kappa shape index (κ1) is 11.7. The first-order valence-electron chi connectivity index (χ1n) is 4.68. The van der Waals surface area contributed by atoms with Gasteiger partial charge in [0.05, 0.1) is 7.11 Å². The molecule has 3 nitrogen and oxygen atoms in total. The van der Waals surface area contributed by atoms with E-state index < -0.39 is 5.82 Å². The third kappa shape index (κ3) is 2.53. The second kappa shape index (κ2) is 4.89. The van der Waals surface area contributed by atoms with Crippen LogP contribution in [0.4, 0.5) is 4.39 Å². The molecular weight excluding hydrogens is 197 g/mol. The highest BCUT2D eigenvalue weighted by Gasteiger charge is 2.15. The van der Waals surface area contributed by atoms with Crippen LogP contribution < -0.4 is 10.5 Å². The first-order chi connectivity index (χ1) is 7.10. The zero-order valence-electron chi connectivity index (χ0n) is 8.79. The molecule has 1 aromatic rings. The highest BCUT2D eigenvalue weighted by Crippen LogP contribution is 2.19. The van der Waals surface area contributed by atoms with E-state index >= 15 is 0 Å². The normalized spacial score (nSPS) is 12.3. The van der Waals surface area contributed by atoms with E-state index in [0.717, 1.165) is 0 Å². The van der Waals surface area contributed by atoms with E-state index in [1.54, 1.807) is 6.92 Å². The molecule has 0 fully saturated rings. The van der Waals surface area contributed by atoms with Crippen LogP contribution >= 0.6 is 0 Å². The summed E-state index contributed by atoms with van der Waals surface area (Å²) in [5.74, 6) is -0.851. The standard InChI is InChI=1S/C11H14FNO2/c1-7(6-13)11(14)8-3-4-10(15-2)9(12)5-8/h3-5,7H,6,13H2,1-2H3. The van der Waals surface area contributed by atoms with E-state index in [9.17, 15) is 9.18 Å². The monoisotopic (exact) mass is 211 g/mol. The maximum absolute atomic E-state index is 13.3. The van der Waals surface area contributed by atoms with Gasteiger partial charge in [0.1, 0.15) is 0 Å². The lowest BCUT2D eigenvalue weighted by Gasteiger charge is -2.08. The summed E-state index contributed by atoms with van der Waals surface area (Å²) in [5.41, 5.74) is 5.69. The molecule has 0 aromatic heterocycles. The number of rotatable bonds is 4. The number of ether oxygens (including phenoxy) is 1. The van der Waals surface area contributed by atoms with E-state index in [2.05, 4.69) is 0 Å². The van der Waals surface area contributed by atoms with Crippen molar-refractivity contribution in [2.24, 2.45) is 11.7 Å². The minimum absolute atomic E-state index is 0.131. The number of methoxy groups -OCH3 is 1. The van der Waals surface area contributed by atoms with Crippen LogP contribution in [0.15, 0.2) is 18.2 Å². The van der Waals surface area contributed by atoms with Gasteiger partial charge in [0, 0.05) is 18.0 Å². The Kier molecular flexibility index (Phi) is 3.80. The number of carbonyl (C=O) groups is 1. The second-order valence-electron chi connectivity index (χ2n) is 3.35. The highest BCUT2D eigenvalue weighted by molar-refractivity contribution is 5.97. The van der Waals surface area contributed by atoms with Crippen molar-refractivity contribution in [2.75, 3.05) is 13.7 Å². The molecule has 0 amide bonds. The first-order valence-corrected chi connectivity index (χ1v) is 4.68. The van der Waals surface area contributed by atoms with Gasteiger partial charge in [-0.3, -0.25) is 4.79 Å². The minimum atomic E-state index is -0.535. The van der Waals surface area contributed by atoms with Gasteiger partial charge in [-0.15, -0.1) is 0 Å². The van der Waals surface area contributed by atoms with Crippen molar-refractivity contribution in [1.82, 2.24) is 0 Å². The summed E-state index contributed by atoms with van der Waals surface area (Å²) < 4.78 is 18.0. The fraction of sp³-hybridized carbons (Fsp3) is 0.364. The Balaban J connectivity index is 2.97. The molecule has 0 radical (unpaired) electrons. The van der Waals surface area contributed by atoms with Crippen molar-refractivity contribution in [3.05, 3.63) is 29.6 Å². The van der Waals surface area contributed by atoms with Crippen molar-refractivity contribution in [1.29, 1.82) is 0 Å². The molecule has 0 spiro atoms. The smallest absolute Gasteiger partial charge is 0.167 e. The van der Waals surface area contributed by atoms with Gasteiger partial charge in [0.25, 0.3) is 0 Å². The molecule has 0 aliphatic heterocycles. The maximum Gasteiger partial charge on any atom is 0.167 e. The molecule has 0 saturated carbocycles. The van der Waals surface area contributed by atoms with Crippen molar-refractivity contribution in [3.8, 4) is 5.75 Å². The van der Waals surface area contributed by atoms with Crippen molar-refractivity contribution < 1.29 is 13.9 Å². The molecule has 15 heavy (non-hydrogen) atoms. The number of ketones is 1. The van der Waals surface area contributed by atoms with Crippen molar-refractivity contribution in [3.63, 3.8) is 0 Å². The maximum atomic E-state index is 13.3. The Morgan fingerprint density at radius 2 is 2.27 bits per heavy atom. The van der Waals surface area contributed by atoms with Crippen LogP contribution in [-0.4, -0.2) is 19.4 Å². The highest BCUT2D eigenvalue weighted by atomic mass is 19.1. The number of halogens is 1. The third-order valence-electron chi connectivity index (χ3n) is 2.24. The lowest BCUT2D eigenvalue weighted by atomic mass is 9.99. The van der Waals surface area contributed by atoms with Gasteiger partial charge in [-0.05, 0) is 18.2 Å². The SMILES string of the molecule is COc1ccc(C(=O)C(C)CN)cc1F. The van der Waals surface area contributed by atoms with Gasteiger partial charge in [-0.1, -0.05) is 6.92 Å². The Labute approximate surface area is 88.0 Å². The van der Waals surface area contributed by atoms with Gasteiger partial charge in [0.2, 0.25) is 0 Å². The van der Waals surface area contributed by atoms with E-state index in [4.69, 9.17) is 10.5 Å². The zero-order valence-corrected chi connectivity index (χ0v) is 8.79. The molecule has 0 heterocycles. The van der Waals surface area contributed by atoms with Crippen LogP contribution in [0.25, 0.3) is 0 Å². The van der Waals surface area contributed by atoms with Gasteiger partial charge in [0.15, 0.2) is 17.3 Å². The molecule has 0 aliphatic carbocycles. The predicted molar refractivity (Wildman–Crippen MR) is 55.5 cm³/mol. The van der Waals surface area contributed by atoms with E-state index in [-0.39, 0.29) is 24.0 Å². The lowest BCUT2D eigenvalue weighted by Crippen LogP contribution is -2.20. The Morgan fingerprint density at radius 3 is 2.73 bits per heavy atom. The molecule has 4 heteroatoms. The van der Waals surface area contributed by atoms with E-state index in [1.165, 1.54) is 25.3 Å². The van der Waals surface area contributed by atoms with Gasteiger partial charge < -0.3 is 10.5 Å². The van der Waals surface area contributed by atoms with Crippen molar-refractivity contribution in [2.45, 2.75) is 6.92 Å². The van der Waals surface area contributed by atoms with E-state index in [0.29, 0.717) is 5.56 Å². The van der Waals surface area contributed by atoms with Crippen LogP contribution in [-0.2, 0) is 0 Å². The van der Waals surface area contributed by atoms with E-state index in [1.807, 2.05) is 0 Å². The Morgan fingerprint density at radius 1 is 1.60 bits per heavy atom. The largest absolute Gasteiger partial charge is 0.494 e. The molecule has 1 atom stereocenters. The van der Waals surface area contributed by atoms with Gasteiger partial charge in [-0.2, -0.15) is 0 Å². The van der Waals surface area contributed by atoms with Crippen LogP contribution in [0.1, 0.15) is 17.3 Å². The molecule has 0 saturated heterocycles. The van der Waals surface area contributed by atoms with Crippen LogP contribution in [0.2, 0.25) is 0 Å². The number of hydrogen-bond donors (Lipinski definition) is 1. The predicted octanol–water partition coefficient (Wildman–Crippen LogP) is 1.61. The quantitative estimate of drug-likeness (QED) is 0.770. The summed E-state index contributed by atoms with van der Waals surface area (Å²) in [4.78, 5) is 11.6. The molecule has 1 rings (SSSR count). The molecule has 0 aliphatic rings. The summed E-state index contributed by atoms with van der Waals surface area (Å²) in [6.07, 6.45) is 0. The molecule has 1 unspecified atom stereocenters. The third-order valence-corrected chi connectivity index (χ3v) is 2.24. The number of hydrogen-bond acceptors (Lipinski definition) is 3. The molecule has 1 aromatic carbocycles. The van der Waals surface area contributed by atoms with Crippen LogP contribution in [0.3, 0.4) is 0 Å². The number of carbonyl (C=O) groups excluding carboxylic acids is 1. The minimum Gasteiger partial charge on any atom is -0.494 e. The number of Topliss-reactive ketones (excluding diaryl/α,β-unsaturated/α-hetero) is 1. The van der Waals surface area contributed by atoms with Gasteiger partial charge >= 0.3 is 0 Å². The Hall–Kier alpha value is -1.42.